The molecule has 0 heterocycles. The molecular weight excluding hydrogens is 398 g/mol. The van der Waals surface area contributed by atoms with Crippen LogP contribution in [0.25, 0.3) is 22.5 Å². The minimum Gasteiger partial charge on any atom is -0.310 e. The Kier molecular flexibility index (Phi) is 6.33. The van der Waals surface area contributed by atoms with Crippen molar-refractivity contribution in [3.05, 3.63) is 139 Å². The third kappa shape index (κ3) is 4.99. The number of nitrogens with zero attached hydrogens (tertiary/aromatic N) is 1. The average Bonchev–Trinajstić information content (AvgIpc) is 2.85. The van der Waals surface area contributed by atoms with Gasteiger partial charge in [-0.25, -0.2) is 0 Å². The van der Waals surface area contributed by atoms with E-state index in [0.717, 1.165) is 28.2 Å². The van der Waals surface area contributed by atoms with Gasteiger partial charge in [0.1, 0.15) is 0 Å². The van der Waals surface area contributed by atoms with Gasteiger partial charge in [0.05, 0.1) is 0 Å². The van der Waals surface area contributed by atoms with Gasteiger partial charge < -0.3 is 4.90 Å². The monoisotopic (exact) mass is 429 g/mol. The van der Waals surface area contributed by atoms with Crippen molar-refractivity contribution in [2.45, 2.75) is 26.2 Å². The molecule has 0 aliphatic heterocycles. The van der Waals surface area contributed by atoms with E-state index in [1.54, 1.807) is 0 Å². The molecule has 0 spiro atoms. The fourth-order valence-electron chi connectivity index (χ4n) is 3.96. The van der Waals surface area contributed by atoms with E-state index in [1.807, 2.05) is 24.3 Å². The van der Waals surface area contributed by atoms with Crippen LogP contribution in [0.15, 0.2) is 122 Å². The van der Waals surface area contributed by atoms with Crippen LogP contribution >= 0.6 is 0 Å². The van der Waals surface area contributed by atoms with Crippen molar-refractivity contribution >= 4 is 17.1 Å². The Morgan fingerprint density at radius 2 is 0.970 bits per heavy atom. The highest BCUT2D eigenvalue weighted by molar-refractivity contribution is 5.94. The zero-order valence-electron chi connectivity index (χ0n) is 19.8. The first-order valence-corrected chi connectivity index (χ1v) is 11.3. The van der Waals surface area contributed by atoms with Gasteiger partial charge in [-0.2, -0.15) is 0 Å². The van der Waals surface area contributed by atoms with E-state index in [9.17, 15) is 0 Å². The van der Waals surface area contributed by atoms with Crippen molar-refractivity contribution in [3.8, 4) is 11.1 Å². The van der Waals surface area contributed by atoms with Crippen LogP contribution < -0.4 is 4.90 Å². The van der Waals surface area contributed by atoms with Gasteiger partial charge >= 0.3 is 0 Å². The minimum absolute atomic E-state index is 0.114. The molecule has 4 aromatic rings. The number of hydrogen-bond acceptors (Lipinski definition) is 1. The van der Waals surface area contributed by atoms with Crippen LogP contribution in [-0.2, 0) is 5.41 Å². The molecule has 0 atom stereocenters. The summed E-state index contributed by atoms with van der Waals surface area (Å²) in [6, 6.07) is 38.0. The van der Waals surface area contributed by atoms with Gasteiger partial charge in [-0.3, -0.25) is 0 Å². The molecule has 164 valence electrons. The number of para-hydroxylation sites is 1. The van der Waals surface area contributed by atoms with Crippen molar-refractivity contribution in [3.63, 3.8) is 0 Å². The fourth-order valence-corrected chi connectivity index (χ4v) is 3.96. The number of rotatable bonds is 6. The predicted molar refractivity (Wildman–Crippen MR) is 144 cm³/mol. The molecule has 33 heavy (non-hydrogen) atoms. The van der Waals surface area contributed by atoms with Gasteiger partial charge in [-0.1, -0.05) is 131 Å². The Labute approximate surface area is 198 Å². The molecule has 0 aromatic heterocycles. The first-order valence-electron chi connectivity index (χ1n) is 11.3. The highest BCUT2D eigenvalue weighted by Gasteiger charge is 2.19. The second kappa shape index (κ2) is 9.34. The molecule has 0 aliphatic carbocycles. The Bertz CT molecular complexity index is 1230. The lowest BCUT2D eigenvalue weighted by atomic mass is 9.86. The lowest BCUT2D eigenvalue weighted by molar-refractivity contribution is 0.590. The molecular formula is C32H31N. The summed E-state index contributed by atoms with van der Waals surface area (Å²) in [6.07, 6.45) is 0. The molecule has 0 saturated carbocycles. The van der Waals surface area contributed by atoms with Crippen LogP contribution in [0, 0.1) is 0 Å². The molecule has 1 heteroatoms. The smallest absolute Gasteiger partial charge is 0.0462 e. The molecule has 1 nitrogen and oxygen atoms in total. The highest BCUT2D eigenvalue weighted by Crippen LogP contribution is 2.34. The molecule has 0 amide bonds. The van der Waals surface area contributed by atoms with E-state index in [-0.39, 0.29) is 5.41 Å². The van der Waals surface area contributed by atoms with E-state index in [1.165, 1.54) is 16.7 Å². The second-order valence-corrected chi connectivity index (χ2v) is 9.34. The molecule has 0 unspecified atom stereocenters. The van der Waals surface area contributed by atoms with Crippen molar-refractivity contribution in [2.24, 2.45) is 0 Å². The van der Waals surface area contributed by atoms with Gasteiger partial charge in [0.2, 0.25) is 0 Å². The molecule has 0 radical (unpaired) electrons. The summed E-state index contributed by atoms with van der Waals surface area (Å²) in [6.45, 7) is 15.6. The van der Waals surface area contributed by atoms with Crippen LogP contribution in [-0.4, -0.2) is 0 Å². The zero-order chi connectivity index (χ0) is 23.4. The zero-order valence-corrected chi connectivity index (χ0v) is 19.8. The first-order chi connectivity index (χ1) is 15.8. The summed E-state index contributed by atoms with van der Waals surface area (Å²) in [5.74, 6) is 0. The van der Waals surface area contributed by atoms with E-state index in [4.69, 9.17) is 0 Å². The summed E-state index contributed by atoms with van der Waals surface area (Å²) in [4.78, 5) is 2.14. The van der Waals surface area contributed by atoms with Gasteiger partial charge in [-0.05, 0) is 45.4 Å². The van der Waals surface area contributed by atoms with Crippen LogP contribution in [0.1, 0.15) is 37.5 Å². The maximum atomic E-state index is 4.47. The Morgan fingerprint density at radius 3 is 1.45 bits per heavy atom. The van der Waals surface area contributed by atoms with Crippen molar-refractivity contribution in [2.75, 3.05) is 4.90 Å². The average molecular weight is 430 g/mol. The Hall–Kier alpha value is -3.84. The quantitative estimate of drug-likeness (QED) is 0.296. The van der Waals surface area contributed by atoms with E-state index < -0.39 is 0 Å². The van der Waals surface area contributed by atoms with Crippen LogP contribution in [0.4, 0.5) is 5.69 Å². The Balaban J connectivity index is 1.68. The summed E-state index contributed by atoms with van der Waals surface area (Å²) < 4.78 is 0. The first kappa shape index (κ1) is 22.4. The van der Waals surface area contributed by atoms with Gasteiger partial charge in [0, 0.05) is 17.1 Å². The van der Waals surface area contributed by atoms with E-state index in [2.05, 4.69) is 124 Å². The van der Waals surface area contributed by atoms with Gasteiger partial charge in [-0.15, -0.1) is 0 Å². The largest absolute Gasteiger partial charge is 0.310 e. The fraction of sp³-hybridized carbons (Fsp3) is 0.125. The predicted octanol–water partition coefficient (Wildman–Crippen LogP) is 8.80. The molecule has 0 saturated heterocycles. The van der Waals surface area contributed by atoms with Crippen molar-refractivity contribution in [1.82, 2.24) is 0 Å². The molecule has 0 N–H and O–H groups in total. The molecule has 0 bridgehead atoms. The highest BCUT2D eigenvalue weighted by atomic mass is 15.2. The standard InChI is InChI=1S/C32H31N/c1-24(26-16-18-29(19-17-26)28-12-8-6-9-13-28)33(31-14-10-7-11-15-31)25(2)27-20-22-30(23-21-27)32(3,4)5/h6-23H,1-2H2,3-5H3. The molecule has 4 aromatic carbocycles. The Morgan fingerprint density at radius 1 is 0.545 bits per heavy atom. The molecule has 0 fully saturated rings. The lowest BCUT2D eigenvalue weighted by Crippen LogP contribution is -2.19. The van der Waals surface area contributed by atoms with E-state index in [0.29, 0.717) is 0 Å². The van der Waals surface area contributed by atoms with Gasteiger partial charge in [0.15, 0.2) is 0 Å². The maximum Gasteiger partial charge on any atom is 0.0462 e. The third-order valence-corrected chi connectivity index (χ3v) is 5.96. The van der Waals surface area contributed by atoms with Crippen LogP contribution in [0.3, 0.4) is 0 Å². The summed E-state index contributed by atoms with van der Waals surface area (Å²) in [5, 5.41) is 0. The van der Waals surface area contributed by atoms with Crippen molar-refractivity contribution < 1.29 is 0 Å². The number of hydrogen-bond donors (Lipinski definition) is 0. The normalized spacial score (nSPS) is 11.1. The summed E-state index contributed by atoms with van der Waals surface area (Å²) in [5.41, 5.74) is 8.79. The third-order valence-electron chi connectivity index (χ3n) is 5.96. The summed E-state index contributed by atoms with van der Waals surface area (Å²) >= 11 is 0. The summed E-state index contributed by atoms with van der Waals surface area (Å²) in [7, 11) is 0. The number of anilines is 1. The van der Waals surface area contributed by atoms with Gasteiger partial charge in [0.25, 0.3) is 0 Å². The number of benzene rings is 4. The lowest BCUT2D eigenvalue weighted by Gasteiger charge is -2.30. The topological polar surface area (TPSA) is 3.24 Å². The molecule has 0 aliphatic rings. The minimum atomic E-state index is 0.114. The molecule has 4 rings (SSSR count). The van der Waals surface area contributed by atoms with Crippen LogP contribution in [0.2, 0.25) is 0 Å². The van der Waals surface area contributed by atoms with Crippen molar-refractivity contribution in [1.29, 1.82) is 0 Å². The van der Waals surface area contributed by atoms with Crippen LogP contribution in [0.5, 0.6) is 0 Å². The second-order valence-electron chi connectivity index (χ2n) is 9.34. The SMILES string of the molecule is C=C(c1ccc(-c2ccccc2)cc1)N(C(=C)c1ccc(C(C)(C)C)cc1)c1ccccc1. The maximum absolute atomic E-state index is 4.47. The van der Waals surface area contributed by atoms with E-state index >= 15 is 0 Å².